The van der Waals surface area contributed by atoms with Gasteiger partial charge in [0.1, 0.15) is 11.3 Å². The second kappa shape index (κ2) is 4.96. The van der Waals surface area contributed by atoms with Crippen molar-refractivity contribution in [1.82, 2.24) is 4.98 Å². The number of hydrogen-bond donors (Lipinski definition) is 1. The van der Waals surface area contributed by atoms with Crippen LogP contribution in [0.2, 0.25) is 0 Å². The topological polar surface area (TPSA) is 52.0 Å². The van der Waals surface area contributed by atoms with E-state index in [0.29, 0.717) is 28.2 Å². The van der Waals surface area contributed by atoms with E-state index in [9.17, 15) is 4.39 Å². The maximum atomic E-state index is 13.3. The molecular formula is C16H15FN2O. The predicted octanol–water partition coefficient (Wildman–Crippen LogP) is 4.17. The Labute approximate surface area is 116 Å². The van der Waals surface area contributed by atoms with Gasteiger partial charge < -0.3 is 10.2 Å². The van der Waals surface area contributed by atoms with Gasteiger partial charge in [0.15, 0.2) is 5.58 Å². The summed E-state index contributed by atoms with van der Waals surface area (Å²) in [5, 5.41) is 0. The lowest BCUT2D eigenvalue weighted by atomic mass is 10.1. The van der Waals surface area contributed by atoms with Crippen molar-refractivity contribution in [2.45, 2.75) is 19.8 Å². The number of hydrogen-bond acceptors (Lipinski definition) is 3. The summed E-state index contributed by atoms with van der Waals surface area (Å²) >= 11 is 0. The van der Waals surface area contributed by atoms with Crippen molar-refractivity contribution in [3.8, 4) is 11.5 Å². The molecule has 0 radical (unpaired) electrons. The third-order valence-electron chi connectivity index (χ3n) is 3.19. The van der Waals surface area contributed by atoms with Gasteiger partial charge in [-0.25, -0.2) is 9.37 Å². The molecule has 0 aliphatic rings. The number of rotatable bonds is 3. The quantitative estimate of drug-likeness (QED) is 0.727. The molecule has 0 fully saturated rings. The van der Waals surface area contributed by atoms with Gasteiger partial charge in [0.25, 0.3) is 0 Å². The first-order chi connectivity index (χ1) is 9.67. The lowest BCUT2D eigenvalue weighted by Crippen LogP contribution is -1.90. The van der Waals surface area contributed by atoms with Gasteiger partial charge in [0.2, 0.25) is 5.89 Å². The second-order valence-electron chi connectivity index (χ2n) is 4.81. The summed E-state index contributed by atoms with van der Waals surface area (Å²) in [4.78, 5) is 4.41. The van der Waals surface area contributed by atoms with Gasteiger partial charge >= 0.3 is 0 Å². The summed E-state index contributed by atoms with van der Waals surface area (Å²) in [6.45, 7) is 2.11. The summed E-state index contributed by atoms with van der Waals surface area (Å²) in [5.74, 6) is 0.0734. The van der Waals surface area contributed by atoms with E-state index in [4.69, 9.17) is 10.2 Å². The number of anilines is 1. The zero-order valence-corrected chi connectivity index (χ0v) is 11.2. The second-order valence-corrected chi connectivity index (χ2v) is 4.81. The largest absolute Gasteiger partial charge is 0.434 e. The highest BCUT2D eigenvalue weighted by molar-refractivity contribution is 5.87. The third-order valence-corrected chi connectivity index (χ3v) is 3.19. The Bertz CT molecular complexity index is 764. The van der Waals surface area contributed by atoms with Crippen LogP contribution in [0.1, 0.15) is 18.9 Å². The average molecular weight is 270 g/mol. The van der Waals surface area contributed by atoms with Crippen molar-refractivity contribution >= 4 is 16.8 Å². The number of nitrogens with zero attached hydrogens (tertiary/aromatic N) is 1. The molecule has 0 unspecified atom stereocenters. The Morgan fingerprint density at radius 1 is 1.25 bits per heavy atom. The monoisotopic (exact) mass is 270 g/mol. The van der Waals surface area contributed by atoms with Crippen LogP contribution in [-0.2, 0) is 6.42 Å². The lowest BCUT2D eigenvalue weighted by Gasteiger charge is -2.00. The van der Waals surface area contributed by atoms with Crippen molar-refractivity contribution in [1.29, 1.82) is 0 Å². The molecule has 3 nitrogen and oxygen atoms in total. The Kier molecular flexibility index (Phi) is 3.14. The highest BCUT2D eigenvalue weighted by Crippen LogP contribution is 2.29. The number of nitrogen functional groups attached to an aromatic ring is 1. The van der Waals surface area contributed by atoms with E-state index in [2.05, 4.69) is 11.9 Å². The van der Waals surface area contributed by atoms with Gasteiger partial charge in [-0.05, 0) is 42.3 Å². The van der Waals surface area contributed by atoms with Crippen LogP contribution in [0.4, 0.5) is 10.1 Å². The molecule has 2 aromatic carbocycles. The fourth-order valence-corrected chi connectivity index (χ4v) is 2.30. The van der Waals surface area contributed by atoms with Gasteiger partial charge in [0, 0.05) is 5.56 Å². The van der Waals surface area contributed by atoms with Crippen molar-refractivity contribution < 1.29 is 8.81 Å². The van der Waals surface area contributed by atoms with Crippen LogP contribution in [0, 0.1) is 5.82 Å². The van der Waals surface area contributed by atoms with Crippen LogP contribution in [0.5, 0.6) is 0 Å². The SMILES string of the molecule is CCCc1cc(N)c2oc(-c3cccc(F)c3)nc2c1. The molecule has 0 atom stereocenters. The van der Waals surface area contributed by atoms with Gasteiger partial charge in [-0.1, -0.05) is 19.4 Å². The summed E-state index contributed by atoms with van der Waals surface area (Å²) in [6, 6.07) is 10.1. The number of aryl methyl sites for hydroxylation is 1. The number of nitrogens with two attached hydrogens (primary N) is 1. The minimum Gasteiger partial charge on any atom is -0.434 e. The van der Waals surface area contributed by atoms with Crippen LogP contribution in [0.25, 0.3) is 22.6 Å². The molecule has 1 aromatic heterocycles. The molecule has 4 heteroatoms. The molecule has 0 saturated carbocycles. The van der Waals surface area contributed by atoms with Crippen LogP contribution in [0.15, 0.2) is 40.8 Å². The lowest BCUT2D eigenvalue weighted by molar-refractivity contribution is 0.612. The fourth-order valence-electron chi connectivity index (χ4n) is 2.30. The number of aromatic nitrogens is 1. The van der Waals surface area contributed by atoms with Gasteiger partial charge in [-0.3, -0.25) is 0 Å². The Hall–Kier alpha value is -2.36. The molecule has 0 amide bonds. The first-order valence-corrected chi connectivity index (χ1v) is 6.62. The van der Waals surface area contributed by atoms with Gasteiger partial charge in [0.05, 0.1) is 5.69 Å². The van der Waals surface area contributed by atoms with Crippen molar-refractivity contribution in [2.24, 2.45) is 0 Å². The van der Waals surface area contributed by atoms with E-state index < -0.39 is 0 Å². The summed E-state index contributed by atoms with van der Waals surface area (Å²) in [7, 11) is 0. The summed E-state index contributed by atoms with van der Waals surface area (Å²) in [5.41, 5.74) is 9.59. The third kappa shape index (κ3) is 2.25. The van der Waals surface area contributed by atoms with E-state index in [1.54, 1.807) is 12.1 Å². The molecule has 0 aliphatic carbocycles. The zero-order valence-electron chi connectivity index (χ0n) is 11.2. The first kappa shape index (κ1) is 12.7. The molecule has 0 saturated heterocycles. The maximum absolute atomic E-state index is 13.3. The van der Waals surface area contributed by atoms with Gasteiger partial charge in [-0.15, -0.1) is 0 Å². The minimum atomic E-state index is -0.315. The van der Waals surface area contributed by atoms with E-state index in [1.807, 2.05) is 12.1 Å². The maximum Gasteiger partial charge on any atom is 0.227 e. The van der Waals surface area contributed by atoms with E-state index >= 15 is 0 Å². The Morgan fingerprint density at radius 2 is 2.10 bits per heavy atom. The van der Waals surface area contributed by atoms with E-state index in [1.165, 1.54) is 12.1 Å². The minimum absolute atomic E-state index is 0.315. The van der Waals surface area contributed by atoms with E-state index in [-0.39, 0.29) is 5.82 Å². The molecule has 0 spiro atoms. The Balaban J connectivity index is 2.13. The standard InChI is InChI=1S/C16H15FN2O/c1-2-4-10-7-13(18)15-14(8-10)19-16(20-15)11-5-3-6-12(17)9-11/h3,5-9H,2,4,18H2,1H3. The van der Waals surface area contributed by atoms with Crippen molar-refractivity contribution in [2.75, 3.05) is 5.73 Å². The molecule has 3 aromatic rings. The van der Waals surface area contributed by atoms with Crippen molar-refractivity contribution in [3.05, 3.63) is 47.8 Å². The predicted molar refractivity (Wildman–Crippen MR) is 77.8 cm³/mol. The molecule has 0 bridgehead atoms. The summed E-state index contributed by atoms with van der Waals surface area (Å²) in [6.07, 6.45) is 1.99. The molecule has 20 heavy (non-hydrogen) atoms. The highest BCUT2D eigenvalue weighted by Gasteiger charge is 2.12. The zero-order chi connectivity index (χ0) is 14.1. The summed E-state index contributed by atoms with van der Waals surface area (Å²) < 4.78 is 18.9. The smallest absolute Gasteiger partial charge is 0.227 e. The van der Waals surface area contributed by atoms with Crippen molar-refractivity contribution in [3.63, 3.8) is 0 Å². The van der Waals surface area contributed by atoms with Crippen LogP contribution >= 0.6 is 0 Å². The van der Waals surface area contributed by atoms with Crippen LogP contribution < -0.4 is 5.73 Å². The van der Waals surface area contributed by atoms with E-state index in [0.717, 1.165) is 18.4 Å². The molecule has 3 rings (SSSR count). The normalized spacial score (nSPS) is 11.1. The number of halogens is 1. The number of oxazole rings is 1. The van der Waals surface area contributed by atoms with Crippen LogP contribution in [0.3, 0.4) is 0 Å². The molecule has 2 N–H and O–H groups in total. The molecular weight excluding hydrogens is 255 g/mol. The van der Waals surface area contributed by atoms with Crippen LogP contribution in [-0.4, -0.2) is 4.98 Å². The number of fused-ring (bicyclic) bond motifs is 1. The fraction of sp³-hybridized carbons (Fsp3) is 0.188. The molecule has 0 aliphatic heterocycles. The number of benzene rings is 2. The molecule has 1 heterocycles. The Morgan fingerprint density at radius 3 is 2.85 bits per heavy atom. The highest BCUT2D eigenvalue weighted by atomic mass is 19.1. The van der Waals surface area contributed by atoms with Gasteiger partial charge in [-0.2, -0.15) is 0 Å². The average Bonchev–Trinajstić information content (AvgIpc) is 2.84. The first-order valence-electron chi connectivity index (χ1n) is 6.62. The molecule has 102 valence electrons.